The van der Waals surface area contributed by atoms with Gasteiger partial charge in [0.05, 0.1) is 23.2 Å². The minimum atomic E-state index is -0.118. The Morgan fingerprint density at radius 1 is 1.31 bits per heavy atom. The van der Waals surface area contributed by atoms with E-state index in [-0.39, 0.29) is 30.3 Å². The van der Waals surface area contributed by atoms with Crippen molar-refractivity contribution >= 4 is 52.0 Å². The average Bonchev–Trinajstić information content (AvgIpc) is 3.20. The fraction of sp³-hybridized carbons (Fsp3) is 0.471. The Kier molecular flexibility index (Phi) is 7.57. The molecule has 0 spiro atoms. The van der Waals surface area contributed by atoms with Gasteiger partial charge in [-0.3, -0.25) is 9.59 Å². The summed E-state index contributed by atoms with van der Waals surface area (Å²) in [6.07, 6.45) is 3.09. The zero-order valence-electron chi connectivity index (χ0n) is 14.8. The van der Waals surface area contributed by atoms with E-state index in [1.165, 1.54) is 18.3 Å². The molecule has 142 valence electrons. The van der Waals surface area contributed by atoms with Crippen LogP contribution in [-0.4, -0.2) is 29.4 Å². The van der Waals surface area contributed by atoms with Gasteiger partial charge in [0.1, 0.15) is 0 Å². The maximum Gasteiger partial charge on any atom is 0.243 e. The predicted octanol–water partition coefficient (Wildman–Crippen LogP) is 3.32. The van der Waals surface area contributed by atoms with Gasteiger partial charge in [0.25, 0.3) is 0 Å². The van der Waals surface area contributed by atoms with Crippen molar-refractivity contribution in [2.45, 2.75) is 45.7 Å². The topological polar surface area (TPSA) is 83.1 Å². The molecule has 0 bridgehead atoms. The van der Waals surface area contributed by atoms with E-state index in [1.54, 1.807) is 11.3 Å². The molecular weight excluding hydrogens is 392 g/mol. The molecule has 2 aromatic rings. The zero-order chi connectivity index (χ0) is 17.8. The Morgan fingerprint density at radius 3 is 2.81 bits per heavy atom. The molecule has 3 N–H and O–H groups in total. The number of amides is 2. The molecule has 9 heteroatoms. The van der Waals surface area contributed by atoms with Gasteiger partial charge in [0.2, 0.25) is 11.8 Å². The molecule has 3 rings (SSSR count). The molecule has 1 atom stereocenters. The molecule has 0 unspecified atom stereocenters. The highest BCUT2D eigenvalue weighted by Crippen LogP contribution is 2.34. The summed E-state index contributed by atoms with van der Waals surface area (Å²) in [6, 6.07) is 3.89. The Morgan fingerprint density at radius 2 is 2.12 bits per heavy atom. The van der Waals surface area contributed by atoms with Crippen molar-refractivity contribution in [2.24, 2.45) is 0 Å². The summed E-state index contributed by atoms with van der Waals surface area (Å²) >= 11 is 3.10. The first-order valence-corrected chi connectivity index (χ1v) is 10.0. The number of halogens is 1. The number of carbonyl (C=O) groups excluding carboxylic acids is 2. The number of aromatic nitrogens is 1. The molecular formula is C17H23ClN4O2S2. The second kappa shape index (κ2) is 9.45. The third kappa shape index (κ3) is 5.26. The molecule has 1 aliphatic heterocycles. The lowest BCUT2D eigenvalue weighted by Gasteiger charge is -2.21. The Balaban J connectivity index is 0.00000243. The third-order valence-electron chi connectivity index (χ3n) is 4.06. The molecule has 0 aliphatic carbocycles. The van der Waals surface area contributed by atoms with Gasteiger partial charge in [-0.25, -0.2) is 4.98 Å². The van der Waals surface area contributed by atoms with Crippen LogP contribution >= 0.6 is 35.1 Å². The number of aryl methyl sites for hydroxylation is 1. The van der Waals surface area contributed by atoms with E-state index >= 15 is 0 Å². The number of nitrogens with one attached hydrogen (secondary N) is 3. The molecule has 2 amide bonds. The van der Waals surface area contributed by atoms with E-state index < -0.39 is 0 Å². The number of hydrogen-bond acceptors (Lipinski definition) is 6. The van der Waals surface area contributed by atoms with Crippen LogP contribution in [0.1, 0.15) is 35.9 Å². The summed E-state index contributed by atoms with van der Waals surface area (Å²) in [5.74, 6) is -0.0429. The summed E-state index contributed by atoms with van der Waals surface area (Å²) in [6.45, 7) is 4.94. The standard InChI is InChI=1S/C17H22N4O2S2.ClH/c1-10-15(14-7-6-12(25-14)9-19-11(2)22)20-17(24-10)21-16(23)13-5-3-4-8-18-13;/h6-7,13,18H,3-5,8-9H2,1-2H3,(H,19,22)(H,20,21,23);1H/t13-;/m0./s1. The summed E-state index contributed by atoms with van der Waals surface area (Å²) < 4.78 is 0. The van der Waals surface area contributed by atoms with Crippen molar-refractivity contribution in [3.63, 3.8) is 0 Å². The van der Waals surface area contributed by atoms with Gasteiger partial charge in [-0.2, -0.15) is 0 Å². The highest BCUT2D eigenvalue weighted by atomic mass is 35.5. The number of nitrogens with zero attached hydrogens (tertiary/aromatic N) is 1. The quantitative estimate of drug-likeness (QED) is 0.700. The Labute approximate surface area is 167 Å². The first-order chi connectivity index (χ1) is 12.0. The third-order valence-corrected chi connectivity index (χ3v) is 6.04. The highest BCUT2D eigenvalue weighted by Gasteiger charge is 2.22. The minimum Gasteiger partial charge on any atom is -0.351 e. The minimum absolute atomic E-state index is 0. The zero-order valence-corrected chi connectivity index (χ0v) is 17.2. The lowest BCUT2D eigenvalue weighted by Crippen LogP contribution is -2.43. The first-order valence-electron chi connectivity index (χ1n) is 8.38. The molecule has 3 heterocycles. The molecule has 1 saturated heterocycles. The number of rotatable bonds is 5. The largest absolute Gasteiger partial charge is 0.351 e. The SMILES string of the molecule is CC(=O)NCc1ccc(-c2nc(NC(=O)[C@@H]3CCCCN3)sc2C)s1.Cl. The first kappa shape index (κ1) is 20.8. The normalized spacial score (nSPS) is 16.6. The lowest BCUT2D eigenvalue weighted by molar-refractivity contribution is -0.119. The number of carbonyl (C=O) groups is 2. The summed E-state index contributed by atoms with van der Waals surface area (Å²) in [5, 5.41) is 9.63. The van der Waals surface area contributed by atoms with Gasteiger partial charge < -0.3 is 16.0 Å². The number of anilines is 1. The van der Waals surface area contributed by atoms with Crippen molar-refractivity contribution in [1.82, 2.24) is 15.6 Å². The molecule has 0 saturated carbocycles. The number of hydrogen-bond donors (Lipinski definition) is 3. The number of thiazole rings is 1. The number of piperidine rings is 1. The van der Waals surface area contributed by atoms with E-state index in [2.05, 4.69) is 20.9 Å². The molecule has 6 nitrogen and oxygen atoms in total. The molecule has 1 fully saturated rings. The van der Waals surface area contributed by atoms with Crippen LogP contribution in [0.15, 0.2) is 12.1 Å². The van der Waals surface area contributed by atoms with Gasteiger partial charge in [-0.1, -0.05) is 6.42 Å². The predicted molar refractivity (Wildman–Crippen MR) is 109 cm³/mol. The molecule has 2 aromatic heterocycles. The molecule has 0 radical (unpaired) electrons. The number of thiophene rings is 1. The van der Waals surface area contributed by atoms with Crippen molar-refractivity contribution in [3.8, 4) is 10.6 Å². The Hall–Kier alpha value is -1.48. The van der Waals surface area contributed by atoms with Crippen molar-refractivity contribution in [3.05, 3.63) is 21.9 Å². The lowest BCUT2D eigenvalue weighted by atomic mass is 10.0. The average molecular weight is 415 g/mol. The van der Waals surface area contributed by atoms with E-state index in [0.717, 1.165) is 46.1 Å². The van der Waals surface area contributed by atoms with E-state index in [1.807, 2.05) is 19.1 Å². The maximum absolute atomic E-state index is 12.3. The fourth-order valence-corrected chi connectivity index (χ4v) is 4.65. The smallest absolute Gasteiger partial charge is 0.243 e. The van der Waals surface area contributed by atoms with Crippen LogP contribution in [0.4, 0.5) is 5.13 Å². The summed E-state index contributed by atoms with van der Waals surface area (Å²) in [4.78, 5) is 31.2. The van der Waals surface area contributed by atoms with Gasteiger partial charge in [0, 0.05) is 16.7 Å². The fourth-order valence-electron chi connectivity index (χ4n) is 2.76. The van der Waals surface area contributed by atoms with Gasteiger partial charge in [-0.05, 0) is 38.4 Å². The molecule has 26 heavy (non-hydrogen) atoms. The van der Waals surface area contributed by atoms with E-state index in [0.29, 0.717) is 11.7 Å². The van der Waals surface area contributed by atoms with Crippen LogP contribution in [0.25, 0.3) is 10.6 Å². The highest BCUT2D eigenvalue weighted by molar-refractivity contribution is 7.18. The van der Waals surface area contributed by atoms with Crippen LogP contribution in [0, 0.1) is 6.92 Å². The van der Waals surface area contributed by atoms with Gasteiger partial charge >= 0.3 is 0 Å². The van der Waals surface area contributed by atoms with Crippen LogP contribution < -0.4 is 16.0 Å². The van der Waals surface area contributed by atoms with E-state index in [4.69, 9.17) is 0 Å². The van der Waals surface area contributed by atoms with Crippen LogP contribution in [0.5, 0.6) is 0 Å². The second-order valence-electron chi connectivity index (χ2n) is 6.09. The van der Waals surface area contributed by atoms with Crippen molar-refractivity contribution in [2.75, 3.05) is 11.9 Å². The molecule has 1 aliphatic rings. The summed E-state index contributed by atoms with van der Waals surface area (Å²) in [7, 11) is 0. The van der Waals surface area contributed by atoms with Crippen molar-refractivity contribution in [1.29, 1.82) is 0 Å². The molecule has 0 aromatic carbocycles. The maximum atomic E-state index is 12.3. The monoisotopic (exact) mass is 414 g/mol. The van der Waals surface area contributed by atoms with Crippen LogP contribution in [0.3, 0.4) is 0 Å². The van der Waals surface area contributed by atoms with Crippen molar-refractivity contribution < 1.29 is 9.59 Å². The van der Waals surface area contributed by atoms with Gasteiger partial charge in [0.15, 0.2) is 5.13 Å². The van der Waals surface area contributed by atoms with E-state index in [9.17, 15) is 9.59 Å². The second-order valence-corrected chi connectivity index (χ2v) is 8.46. The Bertz CT molecular complexity index is 769. The van der Waals surface area contributed by atoms with Gasteiger partial charge in [-0.15, -0.1) is 35.1 Å². The van der Waals surface area contributed by atoms with Crippen LogP contribution in [-0.2, 0) is 16.1 Å². The summed E-state index contributed by atoms with van der Waals surface area (Å²) in [5.41, 5.74) is 0.899. The van der Waals surface area contributed by atoms with Crippen LogP contribution in [0.2, 0.25) is 0 Å².